The molecule has 1 atom stereocenters. The van der Waals surface area contributed by atoms with Gasteiger partial charge in [0, 0.05) is 6.20 Å². The number of nitrogens with zero attached hydrogens (tertiary/aromatic N) is 1. The van der Waals surface area contributed by atoms with Crippen LogP contribution in [0.3, 0.4) is 0 Å². The zero-order valence-electron chi connectivity index (χ0n) is 10.3. The maximum atomic E-state index is 10.3. The van der Waals surface area contributed by atoms with Gasteiger partial charge in [0.25, 0.3) is 0 Å². The molecule has 1 aromatic rings. The maximum Gasteiger partial charge on any atom is 0.0987 e. The van der Waals surface area contributed by atoms with Crippen LogP contribution >= 0.6 is 11.6 Å². The van der Waals surface area contributed by atoms with Crippen molar-refractivity contribution in [3.05, 3.63) is 29.0 Å². The highest BCUT2D eigenvalue weighted by atomic mass is 35.5. The highest BCUT2D eigenvalue weighted by molar-refractivity contribution is 6.30. The highest BCUT2D eigenvalue weighted by Gasteiger charge is 2.27. The molecule has 2 nitrogen and oxygen atoms in total. The summed E-state index contributed by atoms with van der Waals surface area (Å²) in [6, 6.07) is 3.63. The Kier molecular flexibility index (Phi) is 4.41. The molecule has 1 aliphatic rings. The average Bonchev–Trinajstić information content (AvgIpc) is 2.39. The molecule has 1 N–H and O–H groups in total. The van der Waals surface area contributed by atoms with Crippen LogP contribution < -0.4 is 0 Å². The first-order valence-electron chi connectivity index (χ1n) is 6.50. The number of aliphatic hydroxyl groups excluding tert-OH is 1. The van der Waals surface area contributed by atoms with Gasteiger partial charge in [0.2, 0.25) is 0 Å². The van der Waals surface area contributed by atoms with Crippen molar-refractivity contribution in [1.29, 1.82) is 0 Å². The molecule has 0 aromatic carbocycles. The summed E-state index contributed by atoms with van der Waals surface area (Å²) in [4.78, 5) is 4.21. The second-order valence-corrected chi connectivity index (χ2v) is 5.47. The van der Waals surface area contributed by atoms with E-state index in [1.165, 1.54) is 19.3 Å². The highest BCUT2D eigenvalue weighted by Crippen LogP contribution is 2.37. The van der Waals surface area contributed by atoms with Gasteiger partial charge in [0.05, 0.1) is 16.8 Å². The van der Waals surface area contributed by atoms with Crippen LogP contribution in [0.15, 0.2) is 18.3 Å². The van der Waals surface area contributed by atoms with Crippen LogP contribution in [0, 0.1) is 11.8 Å². The summed E-state index contributed by atoms with van der Waals surface area (Å²) >= 11 is 5.80. The van der Waals surface area contributed by atoms with Gasteiger partial charge in [-0.3, -0.25) is 4.98 Å². The molecular weight excluding hydrogens is 234 g/mol. The smallest absolute Gasteiger partial charge is 0.0987 e. The lowest BCUT2D eigenvalue weighted by Gasteiger charge is -2.30. The molecule has 0 spiro atoms. The van der Waals surface area contributed by atoms with Crippen molar-refractivity contribution in [3.8, 4) is 0 Å². The molecule has 0 radical (unpaired) electrons. The standard InChI is InChI=1S/C14H20ClNO/c1-2-10-3-5-11(6-4-10)14(17)13-8-7-12(15)9-16-13/h7-11,14,17H,2-6H2,1H3. The first-order chi connectivity index (χ1) is 8.20. The molecule has 2 rings (SSSR count). The van der Waals surface area contributed by atoms with Gasteiger partial charge in [-0.05, 0) is 36.8 Å². The average molecular weight is 254 g/mol. The predicted molar refractivity (Wildman–Crippen MR) is 69.9 cm³/mol. The molecule has 1 saturated carbocycles. The van der Waals surface area contributed by atoms with Crippen LogP contribution in [0.25, 0.3) is 0 Å². The number of hydrogen-bond donors (Lipinski definition) is 1. The number of rotatable bonds is 3. The lowest BCUT2D eigenvalue weighted by Crippen LogP contribution is -2.20. The van der Waals surface area contributed by atoms with E-state index >= 15 is 0 Å². The molecule has 1 fully saturated rings. The Morgan fingerprint density at radius 2 is 2.06 bits per heavy atom. The summed E-state index contributed by atoms with van der Waals surface area (Å²) < 4.78 is 0. The van der Waals surface area contributed by atoms with Crippen molar-refractivity contribution in [2.75, 3.05) is 0 Å². The third-order valence-corrected chi connectivity index (χ3v) is 4.19. The zero-order valence-corrected chi connectivity index (χ0v) is 11.0. The second-order valence-electron chi connectivity index (χ2n) is 5.04. The summed E-state index contributed by atoms with van der Waals surface area (Å²) in [5.74, 6) is 1.23. The Morgan fingerprint density at radius 1 is 1.35 bits per heavy atom. The lowest BCUT2D eigenvalue weighted by atomic mass is 9.78. The Hall–Kier alpha value is -0.600. The Morgan fingerprint density at radius 3 is 2.59 bits per heavy atom. The van der Waals surface area contributed by atoms with E-state index in [0.717, 1.165) is 24.5 Å². The molecule has 0 saturated heterocycles. The van der Waals surface area contributed by atoms with Crippen molar-refractivity contribution in [2.24, 2.45) is 11.8 Å². The first kappa shape index (κ1) is 12.8. The van der Waals surface area contributed by atoms with Gasteiger partial charge in [-0.15, -0.1) is 0 Å². The van der Waals surface area contributed by atoms with Gasteiger partial charge in [-0.25, -0.2) is 0 Å². The summed E-state index contributed by atoms with van der Waals surface area (Å²) in [5.41, 5.74) is 0.759. The Bertz CT molecular complexity index is 344. The van der Waals surface area contributed by atoms with Crippen molar-refractivity contribution >= 4 is 11.6 Å². The molecule has 0 aliphatic heterocycles. The third-order valence-electron chi connectivity index (χ3n) is 3.97. The van der Waals surface area contributed by atoms with Crippen molar-refractivity contribution in [3.63, 3.8) is 0 Å². The molecule has 0 bridgehead atoms. The molecule has 3 heteroatoms. The SMILES string of the molecule is CCC1CCC(C(O)c2ccc(Cl)cn2)CC1. The fourth-order valence-electron chi connectivity index (χ4n) is 2.72. The Labute approximate surface area is 108 Å². The van der Waals surface area contributed by atoms with Gasteiger partial charge in [0.15, 0.2) is 0 Å². The topological polar surface area (TPSA) is 33.1 Å². The van der Waals surface area contributed by atoms with Gasteiger partial charge >= 0.3 is 0 Å². The summed E-state index contributed by atoms with van der Waals surface area (Å²) in [6.07, 6.45) is 7.16. The minimum atomic E-state index is -0.426. The van der Waals surface area contributed by atoms with E-state index in [-0.39, 0.29) is 0 Å². The molecule has 1 heterocycles. The van der Waals surface area contributed by atoms with Crippen LogP contribution in [0.5, 0.6) is 0 Å². The van der Waals surface area contributed by atoms with E-state index < -0.39 is 6.10 Å². The predicted octanol–water partition coefficient (Wildman–Crippen LogP) is 3.98. The van der Waals surface area contributed by atoms with Crippen molar-refractivity contribution in [2.45, 2.75) is 45.1 Å². The normalized spacial score (nSPS) is 26.8. The van der Waals surface area contributed by atoms with E-state index in [9.17, 15) is 5.11 Å². The molecule has 17 heavy (non-hydrogen) atoms. The lowest BCUT2D eigenvalue weighted by molar-refractivity contribution is 0.0696. The van der Waals surface area contributed by atoms with Crippen molar-refractivity contribution < 1.29 is 5.11 Å². The molecule has 1 aliphatic carbocycles. The molecule has 94 valence electrons. The number of aromatic nitrogens is 1. The number of pyridine rings is 1. The minimum absolute atomic E-state index is 0.367. The molecule has 1 unspecified atom stereocenters. The molecule has 1 aromatic heterocycles. The number of hydrogen-bond acceptors (Lipinski definition) is 2. The van der Waals surface area contributed by atoms with Crippen LogP contribution in [0.4, 0.5) is 0 Å². The van der Waals surface area contributed by atoms with Gasteiger partial charge < -0.3 is 5.11 Å². The van der Waals surface area contributed by atoms with Gasteiger partial charge in [-0.2, -0.15) is 0 Å². The Balaban J connectivity index is 1.96. The summed E-state index contributed by atoms with van der Waals surface area (Å²) in [5, 5.41) is 10.9. The molecule has 0 amide bonds. The van der Waals surface area contributed by atoms with Gasteiger partial charge in [-0.1, -0.05) is 37.8 Å². The molecular formula is C14H20ClNO. The van der Waals surface area contributed by atoms with Gasteiger partial charge in [0.1, 0.15) is 0 Å². The maximum absolute atomic E-state index is 10.3. The quantitative estimate of drug-likeness (QED) is 0.884. The second kappa shape index (κ2) is 5.83. The van der Waals surface area contributed by atoms with Crippen LogP contribution in [-0.4, -0.2) is 10.1 Å². The zero-order chi connectivity index (χ0) is 12.3. The van der Waals surface area contributed by atoms with Crippen LogP contribution in [0.2, 0.25) is 5.02 Å². The minimum Gasteiger partial charge on any atom is -0.387 e. The van der Waals surface area contributed by atoms with Crippen LogP contribution in [-0.2, 0) is 0 Å². The first-order valence-corrected chi connectivity index (χ1v) is 6.88. The monoisotopic (exact) mass is 253 g/mol. The third kappa shape index (κ3) is 3.20. The van der Waals surface area contributed by atoms with E-state index in [4.69, 9.17) is 11.6 Å². The fraction of sp³-hybridized carbons (Fsp3) is 0.643. The van der Waals surface area contributed by atoms with E-state index in [1.54, 1.807) is 12.3 Å². The number of aliphatic hydroxyl groups is 1. The van der Waals surface area contributed by atoms with Crippen molar-refractivity contribution in [1.82, 2.24) is 4.98 Å². The van der Waals surface area contributed by atoms with Crippen LogP contribution in [0.1, 0.15) is 50.8 Å². The van der Waals surface area contributed by atoms with E-state index in [0.29, 0.717) is 10.9 Å². The summed E-state index contributed by atoms with van der Waals surface area (Å²) in [6.45, 7) is 2.25. The van der Waals surface area contributed by atoms with E-state index in [1.807, 2.05) is 6.07 Å². The number of halogens is 1. The van der Waals surface area contributed by atoms with E-state index in [2.05, 4.69) is 11.9 Å². The fourth-order valence-corrected chi connectivity index (χ4v) is 2.83. The summed E-state index contributed by atoms with van der Waals surface area (Å²) in [7, 11) is 0. The largest absolute Gasteiger partial charge is 0.387 e.